The fourth-order valence-electron chi connectivity index (χ4n) is 0.999. The van der Waals surface area contributed by atoms with Crippen LogP contribution < -0.4 is 15.2 Å². The molecule has 0 saturated heterocycles. The van der Waals surface area contributed by atoms with Gasteiger partial charge in [-0.25, -0.2) is 4.98 Å². The molecule has 3 N–H and O–H groups in total. The molecule has 0 spiro atoms. The minimum absolute atomic E-state index is 0.123. The van der Waals surface area contributed by atoms with Gasteiger partial charge in [0, 0.05) is 6.20 Å². The highest BCUT2D eigenvalue weighted by Gasteiger charge is 2.13. The van der Waals surface area contributed by atoms with Crippen molar-refractivity contribution in [1.82, 2.24) is 4.98 Å². The van der Waals surface area contributed by atoms with Gasteiger partial charge in [0.25, 0.3) is 0 Å². The number of rotatable bonds is 3. The maximum atomic E-state index is 7.30. The quantitative estimate of drug-likeness (QED) is 0.522. The number of ether oxygens (including phenoxy) is 2. The summed E-state index contributed by atoms with van der Waals surface area (Å²) in [7, 11) is 2.97. The summed E-state index contributed by atoms with van der Waals surface area (Å²) in [6.45, 7) is 0. The summed E-state index contributed by atoms with van der Waals surface area (Å²) in [4.78, 5) is 3.90. The molecule has 0 aliphatic carbocycles. The summed E-state index contributed by atoms with van der Waals surface area (Å²) in [6.07, 6.45) is 1.53. The molecule has 0 atom stereocenters. The molecular formula is C8H11N3O2. The summed E-state index contributed by atoms with van der Waals surface area (Å²) >= 11 is 0. The van der Waals surface area contributed by atoms with Crippen molar-refractivity contribution >= 4 is 5.84 Å². The van der Waals surface area contributed by atoms with Crippen LogP contribution in [0, 0.1) is 5.41 Å². The Morgan fingerprint density at radius 2 is 2.15 bits per heavy atom. The first-order valence-corrected chi connectivity index (χ1v) is 3.62. The minimum atomic E-state index is -0.123. The number of nitrogens with two attached hydrogens (primary N) is 1. The molecule has 13 heavy (non-hydrogen) atoms. The number of hydrogen-bond donors (Lipinski definition) is 2. The van der Waals surface area contributed by atoms with Crippen molar-refractivity contribution in [2.45, 2.75) is 0 Å². The number of amidine groups is 1. The van der Waals surface area contributed by atoms with Crippen LogP contribution in [0.25, 0.3) is 0 Å². The van der Waals surface area contributed by atoms with E-state index in [-0.39, 0.29) is 5.84 Å². The SMILES string of the molecule is COc1ccnc(OC)c1C(=N)N. The molecule has 0 fully saturated rings. The lowest BCUT2D eigenvalue weighted by atomic mass is 10.2. The molecular weight excluding hydrogens is 170 g/mol. The lowest BCUT2D eigenvalue weighted by Gasteiger charge is -2.09. The highest BCUT2D eigenvalue weighted by atomic mass is 16.5. The van der Waals surface area contributed by atoms with E-state index in [2.05, 4.69) is 4.98 Å². The van der Waals surface area contributed by atoms with Gasteiger partial charge >= 0.3 is 0 Å². The molecule has 1 rings (SSSR count). The van der Waals surface area contributed by atoms with E-state index in [0.29, 0.717) is 17.2 Å². The number of methoxy groups -OCH3 is 2. The molecule has 0 bridgehead atoms. The normalized spacial score (nSPS) is 9.38. The predicted octanol–water partition coefficient (Wildman–Crippen LogP) is 0.383. The fraction of sp³-hybridized carbons (Fsp3) is 0.250. The van der Waals surface area contributed by atoms with Gasteiger partial charge in [0.05, 0.1) is 14.2 Å². The smallest absolute Gasteiger partial charge is 0.228 e. The molecule has 0 amide bonds. The standard InChI is InChI=1S/C8H11N3O2/c1-12-5-3-4-11-8(13-2)6(5)7(9)10/h3-4H,1-2H3,(H3,9,10). The molecule has 70 valence electrons. The molecule has 5 nitrogen and oxygen atoms in total. The van der Waals surface area contributed by atoms with Crippen LogP contribution >= 0.6 is 0 Å². The van der Waals surface area contributed by atoms with Gasteiger partial charge in [0.1, 0.15) is 17.1 Å². The van der Waals surface area contributed by atoms with Gasteiger partial charge in [-0.2, -0.15) is 0 Å². The van der Waals surface area contributed by atoms with E-state index in [1.54, 1.807) is 6.07 Å². The number of pyridine rings is 1. The first-order valence-electron chi connectivity index (χ1n) is 3.62. The highest BCUT2D eigenvalue weighted by molar-refractivity contribution is 5.99. The number of aromatic nitrogens is 1. The lowest BCUT2D eigenvalue weighted by molar-refractivity contribution is 0.380. The largest absolute Gasteiger partial charge is 0.496 e. The summed E-state index contributed by atoms with van der Waals surface area (Å²) in [5, 5.41) is 7.30. The van der Waals surface area contributed by atoms with Crippen LogP contribution in [0.5, 0.6) is 11.6 Å². The van der Waals surface area contributed by atoms with Crippen molar-refractivity contribution in [3.05, 3.63) is 17.8 Å². The fourth-order valence-corrected chi connectivity index (χ4v) is 0.999. The Morgan fingerprint density at radius 1 is 1.46 bits per heavy atom. The van der Waals surface area contributed by atoms with Crippen LogP contribution in [0.4, 0.5) is 0 Å². The Morgan fingerprint density at radius 3 is 2.62 bits per heavy atom. The zero-order valence-electron chi connectivity index (χ0n) is 7.50. The van der Waals surface area contributed by atoms with E-state index < -0.39 is 0 Å². The van der Waals surface area contributed by atoms with Crippen molar-refractivity contribution in [3.8, 4) is 11.6 Å². The molecule has 1 aromatic heterocycles. The average molecular weight is 181 g/mol. The number of hydrogen-bond acceptors (Lipinski definition) is 4. The Balaban J connectivity index is 3.29. The summed E-state index contributed by atoms with van der Waals surface area (Å²) in [5.74, 6) is 0.660. The van der Waals surface area contributed by atoms with Crippen LogP contribution in [0.3, 0.4) is 0 Å². The van der Waals surface area contributed by atoms with Crippen molar-refractivity contribution in [3.63, 3.8) is 0 Å². The van der Waals surface area contributed by atoms with Gasteiger partial charge < -0.3 is 15.2 Å². The van der Waals surface area contributed by atoms with Crippen LogP contribution in [-0.2, 0) is 0 Å². The zero-order chi connectivity index (χ0) is 9.84. The first-order chi connectivity index (χ1) is 6.20. The second-order valence-electron chi connectivity index (χ2n) is 2.31. The van der Waals surface area contributed by atoms with Crippen molar-refractivity contribution in [2.24, 2.45) is 5.73 Å². The third kappa shape index (κ3) is 1.69. The van der Waals surface area contributed by atoms with Gasteiger partial charge in [-0.1, -0.05) is 0 Å². The molecule has 5 heteroatoms. The van der Waals surface area contributed by atoms with E-state index in [4.69, 9.17) is 20.6 Å². The van der Waals surface area contributed by atoms with Gasteiger partial charge in [0.2, 0.25) is 5.88 Å². The average Bonchev–Trinajstić information content (AvgIpc) is 2.16. The second-order valence-corrected chi connectivity index (χ2v) is 2.31. The number of nitrogens with one attached hydrogen (secondary N) is 1. The summed E-state index contributed by atoms with van der Waals surface area (Å²) in [6, 6.07) is 1.62. The van der Waals surface area contributed by atoms with Crippen molar-refractivity contribution in [1.29, 1.82) is 5.41 Å². The van der Waals surface area contributed by atoms with Gasteiger partial charge in [-0.3, -0.25) is 5.41 Å². The summed E-state index contributed by atoms with van der Waals surface area (Å²) in [5.41, 5.74) is 5.73. The molecule has 0 aromatic carbocycles. The Kier molecular flexibility index (Phi) is 2.69. The predicted molar refractivity (Wildman–Crippen MR) is 48.4 cm³/mol. The van der Waals surface area contributed by atoms with E-state index in [1.165, 1.54) is 20.4 Å². The van der Waals surface area contributed by atoms with Gasteiger partial charge in [-0.05, 0) is 6.07 Å². The Bertz CT molecular complexity index is 303. The number of nitrogen functional groups attached to an aromatic ring is 1. The molecule has 0 radical (unpaired) electrons. The monoisotopic (exact) mass is 181 g/mol. The van der Waals surface area contributed by atoms with Crippen LogP contribution in [0.15, 0.2) is 12.3 Å². The van der Waals surface area contributed by atoms with Crippen LogP contribution in [0.1, 0.15) is 5.56 Å². The second kappa shape index (κ2) is 3.75. The van der Waals surface area contributed by atoms with Crippen molar-refractivity contribution in [2.75, 3.05) is 14.2 Å². The van der Waals surface area contributed by atoms with Crippen LogP contribution in [0.2, 0.25) is 0 Å². The molecule has 0 aliphatic rings. The van der Waals surface area contributed by atoms with Gasteiger partial charge in [-0.15, -0.1) is 0 Å². The first kappa shape index (κ1) is 9.31. The van der Waals surface area contributed by atoms with E-state index >= 15 is 0 Å². The third-order valence-electron chi connectivity index (χ3n) is 1.56. The third-order valence-corrected chi connectivity index (χ3v) is 1.56. The van der Waals surface area contributed by atoms with E-state index in [1.807, 2.05) is 0 Å². The maximum Gasteiger partial charge on any atom is 0.228 e. The highest BCUT2D eigenvalue weighted by Crippen LogP contribution is 2.24. The van der Waals surface area contributed by atoms with Gasteiger partial charge in [0.15, 0.2) is 0 Å². The number of nitrogens with zero attached hydrogens (tertiary/aromatic N) is 1. The molecule has 1 aromatic rings. The Labute approximate surface area is 76.0 Å². The lowest BCUT2D eigenvalue weighted by Crippen LogP contribution is -2.14. The Hall–Kier alpha value is -1.78. The topological polar surface area (TPSA) is 81.2 Å². The minimum Gasteiger partial charge on any atom is -0.496 e. The van der Waals surface area contributed by atoms with Crippen molar-refractivity contribution < 1.29 is 9.47 Å². The maximum absolute atomic E-state index is 7.30. The van der Waals surface area contributed by atoms with Crippen LogP contribution in [-0.4, -0.2) is 25.0 Å². The summed E-state index contributed by atoms with van der Waals surface area (Å²) < 4.78 is 9.95. The molecule has 0 aliphatic heterocycles. The molecule has 1 heterocycles. The molecule has 0 saturated carbocycles. The zero-order valence-corrected chi connectivity index (χ0v) is 7.50. The molecule has 0 unspecified atom stereocenters. The van der Waals surface area contributed by atoms with E-state index in [0.717, 1.165) is 0 Å². The van der Waals surface area contributed by atoms with E-state index in [9.17, 15) is 0 Å².